The minimum atomic E-state index is -4.00. The number of amides is 2. The summed E-state index contributed by atoms with van der Waals surface area (Å²) in [5, 5.41) is 6.50. The van der Waals surface area contributed by atoms with Gasteiger partial charge in [-0.05, 0) is 67.0 Å². The third kappa shape index (κ3) is 6.46. The van der Waals surface area contributed by atoms with Crippen molar-refractivity contribution in [2.45, 2.75) is 50.1 Å². The Bertz CT molecular complexity index is 1400. The smallest absolute Gasteiger partial charge is 0.262 e. The molecule has 38 heavy (non-hydrogen) atoms. The van der Waals surface area contributed by atoms with Crippen LogP contribution in [0, 0.1) is 11.7 Å². The Morgan fingerprint density at radius 3 is 2.53 bits per heavy atom. The molecular formula is C27H30FN3O5S2. The largest absolute Gasteiger partial charge is 0.344 e. The van der Waals surface area contributed by atoms with E-state index >= 15 is 0 Å². The number of hydrogen-bond donors (Lipinski definition) is 2. The highest BCUT2D eigenvalue weighted by Crippen LogP contribution is 2.25. The molecule has 2 atom stereocenters. The number of nitrogens with one attached hydrogen (secondary N) is 2. The summed E-state index contributed by atoms with van der Waals surface area (Å²) in [4.78, 5) is 39.6. The second kappa shape index (κ2) is 11.7. The van der Waals surface area contributed by atoms with Gasteiger partial charge in [0.25, 0.3) is 5.91 Å². The highest BCUT2D eigenvalue weighted by atomic mass is 32.2. The number of rotatable bonds is 8. The molecule has 4 rings (SSSR count). The molecule has 3 aromatic rings. The van der Waals surface area contributed by atoms with Crippen LogP contribution in [0.5, 0.6) is 0 Å². The van der Waals surface area contributed by atoms with Crippen LogP contribution >= 0.6 is 11.3 Å². The van der Waals surface area contributed by atoms with E-state index in [1.165, 1.54) is 11.3 Å². The minimum Gasteiger partial charge on any atom is -0.344 e. The van der Waals surface area contributed by atoms with Gasteiger partial charge in [0, 0.05) is 11.2 Å². The first-order chi connectivity index (χ1) is 18.0. The highest BCUT2D eigenvalue weighted by molar-refractivity contribution is 7.89. The van der Waals surface area contributed by atoms with Crippen LogP contribution in [0.3, 0.4) is 0 Å². The molecule has 0 radical (unpaired) electrons. The average Bonchev–Trinajstić information content (AvgIpc) is 3.22. The zero-order valence-corrected chi connectivity index (χ0v) is 22.8. The van der Waals surface area contributed by atoms with Crippen LogP contribution in [0.2, 0.25) is 0 Å². The lowest BCUT2D eigenvalue weighted by Gasteiger charge is -2.23. The van der Waals surface area contributed by atoms with Gasteiger partial charge in [0.05, 0.1) is 22.4 Å². The SMILES string of the molecule is CC(C)C[C@H](NC(=O)c1cc2ccccc2s1)C(=O)NC1CCCN(S(=O)(=O)c2ccc(F)cc2)CC1=O. The molecule has 0 aliphatic carbocycles. The number of sulfonamides is 1. The van der Waals surface area contributed by atoms with E-state index in [0.717, 1.165) is 38.7 Å². The monoisotopic (exact) mass is 559 g/mol. The first-order valence-electron chi connectivity index (χ1n) is 12.4. The van der Waals surface area contributed by atoms with Crippen molar-refractivity contribution in [3.05, 3.63) is 65.3 Å². The molecule has 2 amide bonds. The van der Waals surface area contributed by atoms with Crippen LogP contribution < -0.4 is 10.6 Å². The number of nitrogens with zero attached hydrogens (tertiary/aromatic N) is 1. The number of carbonyl (C=O) groups excluding carboxylic acids is 3. The Labute approximate surface area is 225 Å². The number of fused-ring (bicyclic) bond motifs is 1. The van der Waals surface area contributed by atoms with Gasteiger partial charge in [0.2, 0.25) is 15.9 Å². The molecule has 1 aliphatic heterocycles. The third-order valence-corrected chi connectivity index (χ3v) is 9.34. The molecule has 1 saturated heterocycles. The van der Waals surface area contributed by atoms with Crippen LogP contribution in [0.4, 0.5) is 4.39 Å². The maximum atomic E-state index is 13.3. The van der Waals surface area contributed by atoms with Crippen LogP contribution in [0.25, 0.3) is 10.1 Å². The standard InChI is InChI=1S/C27H30FN3O5S2/c1-17(2)14-22(30-27(34)25-15-18-6-3-4-8-24(18)37-25)26(33)29-21-7-5-13-31(16-23(21)32)38(35,36)20-11-9-19(28)10-12-20/h3-4,6,8-12,15,17,21-22H,5,7,13-14,16H2,1-2H3,(H,29,33)(H,30,34)/t21?,22-/m0/s1. The Morgan fingerprint density at radius 2 is 1.84 bits per heavy atom. The van der Waals surface area contributed by atoms with Crippen molar-refractivity contribution < 1.29 is 27.2 Å². The molecule has 1 aliphatic rings. The molecule has 2 N–H and O–H groups in total. The number of ketones is 1. The molecular weight excluding hydrogens is 529 g/mol. The Balaban J connectivity index is 1.44. The van der Waals surface area contributed by atoms with E-state index in [2.05, 4.69) is 10.6 Å². The lowest BCUT2D eigenvalue weighted by atomic mass is 10.0. The zero-order chi connectivity index (χ0) is 27.4. The summed E-state index contributed by atoms with van der Waals surface area (Å²) in [7, 11) is -4.00. The molecule has 8 nitrogen and oxygen atoms in total. The zero-order valence-electron chi connectivity index (χ0n) is 21.1. The lowest BCUT2D eigenvalue weighted by Crippen LogP contribution is -2.52. The molecule has 202 valence electrons. The predicted molar refractivity (Wildman–Crippen MR) is 144 cm³/mol. The summed E-state index contributed by atoms with van der Waals surface area (Å²) in [6, 6.07) is 12.1. The number of benzene rings is 2. The van der Waals surface area contributed by atoms with Crippen molar-refractivity contribution in [1.82, 2.24) is 14.9 Å². The molecule has 0 saturated carbocycles. The van der Waals surface area contributed by atoms with E-state index in [4.69, 9.17) is 0 Å². The van der Waals surface area contributed by atoms with E-state index in [1.54, 1.807) is 6.07 Å². The highest BCUT2D eigenvalue weighted by Gasteiger charge is 2.34. The van der Waals surface area contributed by atoms with Gasteiger partial charge >= 0.3 is 0 Å². The third-order valence-electron chi connectivity index (χ3n) is 6.37. The molecule has 0 spiro atoms. The number of halogens is 1. The quantitative estimate of drug-likeness (QED) is 0.437. The molecule has 1 unspecified atom stereocenters. The van der Waals surface area contributed by atoms with Crippen molar-refractivity contribution in [2.24, 2.45) is 5.92 Å². The van der Waals surface area contributed by atoms with E-state index in [9.17, 15) is 27.2 Å². The van der Waals surface area contributed by atoms with Crippen molar-refractivity contribution in [1.29, 1.82) is 0 Å². The molecule has 0 bridgehead atoms. The van der Waals surface area contributed by atoms with Crippen molar-refractivity contribution >= 4 is 49.0 Å². The van der Waals surface area contributed by atoms with Gasteiger partial charge in [0.15, 0.2) is 5.78 Å². The minimum absolute atomic E-state index is 0.0923. The summed E-state index contributed by atoms with van der Waals surface area (Å²) < 4.78 is 41.3. The van der Waals surface area contributed by atoms with E-state index in [0.29, 0.717) is 17.7 Å². The number of carbonyl (C=O) groups is 3. The van der Waals surface area contributed by atoms with Crippen molar-refractivity contribution in [3.8, 4) is 0 Å². The van der Waals surface area contributed by atoms with Gasteiger partial charge in [-0.1, -0.05) is 32.0 Å². The summed E-state index contributed by atoms with van der Waals surface area (Å²) >= 11 is 1.34. The fraction of sp³-hybridized carbons (Fsp3) is 0.370. The maximum Gasteiger partial charge on any atom is 0.262 e. The van der Waals surface area contributed by atoms with Gasteiger partial charge in [0.1, 0.15) is 11.9 Å². The number of Topliss-reactive ketones (excluding diaryl/α,β-unsaturated/α-hetero) is 1. The molecule has 1 aromatic heterocycles. The maximum absolute atomic E-state index is 13.3. The Kier molecular flexibility index (Phi) is 8.59. The van der Waals surface area contributed by atoms with Crippen LogP contribution in [0.1, 0.15) is 42.8 Å². The van der Waals surface area contributed by atoms with Gasteiger partial charge in [-0.15, -0.1) is 11.3 Å². The van der Waals surface area contributed by atoms with Crippen molar-refractivity contribution in [3.63, 3.8) is 0 Å². The lowest BCUT2D eigenvalue weighted by molar-refractivity contribution is -0.129. The summed E-state index contributed by atoms with van der Waals surface area (Å²) in [5.74, 6) is -1.76. The van der Waals surface area contributed by atoms with E-state index < -0.39 is 46.2 Å². The van der Waals surface area contributed by atoms with Crippen LogP contribution in [-0.2, 0) is 19.6 Å². The molecule has 1 fully saturated rings. The van der Waals surface area contributed by atoms with Gasteiger partial charge in [-0.3, -0.25) is 14.4 Å². The van der Waals surface area contributed by atoms with Gasteiger partial charge in [-0.25, -0.2) is 12.8 Å². The first-order valence-corrected chi connectivity index (χ1v) is 14.7. The van der Waals surface area contributed by atoms with Crippen LogP contribution in [0.15, 0.2) is 59.5 Å². The van der Waals surface area contributed by atoms with Crippen LogP contribution in [-0.4, -0.2) is 55.5 Å². The average molecular weight is 560 g/mol. The fourth-order valence-corrected chi connectivity index (χ4v) is 6.82. The van der Waals surface area contributed by atoms with Crippen molar-refractivity contribution in [2.75, 3.05) is 13.1 Å². The fourth-order valence-electron chi connectivity index (χ4n) is 4.41. The van der Waals surface area contributed by atoms with E-state index in [-0.39, 0.29) is 29.7 Å². The number of hydrogen-bond acceptors (Lipinski definition) is 6. The Hall–Kier alpha value is -3.15. The normalized spacial score (nSPS) is 17.8. The predicted octanol–water partition coefficient (Wildman–Crippen LogP) is 3.72. The molecule has 2 aromatic carbocycles. The molecule has 11 heteroatoms. The van der Waals surface area contributed by atoms with Gasteiger partial charge in [-0.2, -0.15) is 4.31 Å². The van der Waals surface area contributed by atoms with Gasteiger partial charge < -0.3 is 10.6 Å². The molecule has 2 heterocycles. The number of thiophene rings is 1. The summed E-state index contributed by atoms with van der Waals surface area (Å²) in [6.07, 6.45) is 0.979. The Morgan fingerprint density at radius 1 is 1.13 bits per heavy atom. The van der Waals surface area contributed by atoms with E-state index in [1.807, 2.05) is 38.1 Å². The topological polar surface area (TPSA) is 113 Å². The first kappa shape index (κ1) is 27.9. The summed E-state index contributed by atoms with van der Waals surface area (Å²) in [6.45, 7) is 3.55. The second-order valence-electron chi connectivity index (χ2n) is 9.77. The second-order valence-corrected chi connectivity index (χ2v) is 12.8. The summed E-state index contributed by atoms with van der Waals surface area (Å²) in [5.41, 5.74) is 0.